The lowest BCUT2D eigenvalue weighted by Crippen LogP contribution is -2.22. The number of pyridine rings is 1. The van der Waals surface area contributed by atoms with Gasteiger partial charge in [0.15, 0.2) is 0 Å². The van der Waals surface area contributed by atoms with Gasteiger partial charge >= 0.3 is 0 Å². The number of rotatable bonds is 2. The predicted molar refractivity (Wildman–Crippen MR) is 59.9 cm³/mol. The van der Waals surface area contributed by atoms with Crippen LogP contribution in [0.25, 0.3) is 0 Å². The Labute approximate surface area is 85.6 Å². The fourth-order valence-corrected chi connectivity index (χ4v) is 1.88. The van der Waals surface area contributed by atoms with Crippen LogP contribution in [0.15, 0.2) is 16.9 Å². The first-order chi connectivity index (χ1) is 6.45. The Morgan fingerprint density at radius 2 is 1.64 bits per heavy atom. The van der Waals surface area contributed by atoms with Crippen LogP contribution in [0.4, 0.5) is 0 Å². The van der Waals surface area contributed by atoms with Gasteiger partial charge in [0.25, 0.3) is 0 Å². The highest BCUT2D eigenvalue weighted by molar-refractivity contribution is 5.26. The molecule has 78 valence electrons. The van der Waals surface area contributed by atoms with Crippen molar-refractivity contribution in [2.24, 2.45) is 7.05 Å². The van der Waals surface area contributed by atoms with Crippen LogP contribution in [0.2, 0.25) is 0 Å². The Hall–Kier alpha value is -1.05. The monoisotopic (exact) mass is 193 g/mol. The summed E-state index contributed by atoms with van der Waals surface area (Å²) in [5.74, 6) is 0.866. The zero-order valence-corrected chi connectivity index (χ0v) is 9.66. The quantitative estimate of drug-likeness (QED) is 0.707. The molecule has 0 aliphatic carbocycles. The van der Waals surface area contributed by atoms with Crippen molar-refractivity contribution in [2.75, 3.05) is 0 Å². The van der Waals surface area contributed by atoms with Gasteiger partial charge in [0.05, 0.1) is 0 Å². The van der Waals surface area contributed by atoms with E-state index in [0.29, 0.717) is 11.8 Å². The standard InChI is InChI=1S/C12H19NO/c1-8(2)10-6-7-11(14)13(5)12(10)9(3)4/h6-9H,1-5H3. The van der Waals surface area contributed by atoms with Gasteiger partial charge in [-0.3, -0.25) is 4.79 Å². The van der Waals surface area contributed by atoms with Gasteiger partial charge in [-0.05, 0) is 17.4 Å². The van der Waals surface area contributed by atoms with E-state index in [2.05, 4.69) is 27.7 Å². The largest absolute Gasteiger partial charge is 0.315 e. The van der Waals surface area contributed by atoms with Gasteiger partial charge < -0.3 is 4.57 Å². The maximum atomic E-state index is 11.5. The molecule has 0 unspecified atom stereocenters. The van der Waals surface area contributed by atoms with Crippen molar-refractivity contribution in [3.8, 4) is 0 Å². The fraction of sp³-hybridized carbons (Fsp3) is 0.583. The van der Waals surface area contributed by atoms with Crippen molar-refractivity contribution >= 4 is 0 Å². The molecule has 0 bridgehead atoms. The minimum absolute atomic E-state index is 0.0816. The molecule has 0 fully saturated rings. The van der Waals surface area contributed by atoms with Crippen LogP contribution in [0.3, 0.4) is 0 Å². The van der Waals surface area contributed by atoms with Crippen LogP contribution in [0.5, 0.6) is 0 Å². The summed E-state index contributed by atoms with van der Waals surface area (Å²) < 4.78 is 1.76. The van der Waals surface area contributed by atoms with E-state index >= 15 is 0 Å². The molecule has 0 spiro atoms. The maximum Gasteiger partial charge on any atom is 0.250 e. The van der Waals surface area contributed by atoms with Crippen molar-refractivity contribution in [3.05, 3.63) is 33.7 Å². The molecule has 0 saturated carbocycles. The molecular weight excluding hydrogens is 174 g/mol. The molecule has 1 aromatic rings. The smallest absolute Gasteiger partial charge is 0.250 e. The summed E-state index contributed by atoms with van der Waals surface area (Å²) in [5.41, 5.74) is 2.52. The Balaban J connectivity index is 3.46. The Morgan fingerprint density at radius 1 is 1.07 bits per heavy atom. The van der Waals surface area contributed by atoms with Crippen molar-refractivity contribution in [3.63, 3.8) is 0 Å². The summed E-state index contributed by atoms with van der Waals surface area (Å²) in [7, 11) is 1.85. The SMILES string of the molecule is CC(C)c1ccc(=O)n(C)c1C(C)C. The molecule has 0 aliphatic rings. The molecule has 0 N–H and O–H groups in total. The van der Waals surface area contributed by atoms with Crippen LogP contribution >= 0.6 is 0 Å². The summed E-state index contributed by atoms with van der Waals surface area (Å²) >= 11 is 0. The predicted octanol–water partition coefficient (Wildman–Crippen LogP) is 2.63. The highest BCUT2D eigenvalue weighted by atomic mass is 16.1. The van der Waals surface area contributed by atoms with Crippen LogP contribution in [-0.4, -0.2) is 4.57 Å². The van der Waals surface area contributed by atoms with E-state index in [0.717, 1.165) is 5.69 Å². The number of aromatic nitrogens is 1. The number of hydrogen-bond acceptors (Lipinski definition) is 1. The van der Waals surface area contributed by atoms with Crippen LogP contribution in [-0.2, 0) is 7.05 Å². The maximum absolute atomic E-state index is 11.5. The van der Waals surface area contributed by atoms with Gasteiger partial charge in [-0.2, -0.15) is 0 Å². The van der Waals surface area contributed by atoms with E-state index in [1.54, 1.807) is 10.6 Å². The third-order valence-corrected chi connectivity index (χ3v) is 2.56. The molecule has 0 saturated heterocycles. The zero-order chi connectivity index (χ0) is 10.9. The molecule has 2 heteroatoms. The highest BCUT2D eigenvalue weighted by Crippen LogP contribution is 2.23. The van der Waals surface area contributed by atoms with Crippen LogP contribution < -0.4 is 5.56 Å². The number of nitrogens with zero attached hydrogens (tertiary/aromatic N) is 1. The second kappa shape index (κ2) is 3.99. The fourth-order valence-electron chi connectivity index (χ4n) is 1.88. The van der Waals surface area contributed by atoms with Gasteiger partial charge in [0.2, 0.25) is 5.56 Å². The van der Waals surface area contributed by atoms with Gasteiger partial charge in [-0.1, -0.05) is 33.8 Å². The first-order valence-corrected chi connectivity index (χ1v) is 5.15. The normalized spacial score (nSPS) is 11.4. The first-order valence-electron chi connectivity index (χ1n) is 5.15. The molecule has 0 aromatic carbocycles. The van der Waals surface area contributed by atoms with Crippen LogP contribution in [0, 0.1) is 0 Å². The van der Waals surface area contributed by atoms with E-state index in [1.165, 1.54) is 5.56 Å². The summed E-state index contributed by atoms with van der Waals surface area (Å²) in [4.78, 5) is 11.5. The van der Waals surface area contributed by atoms with Crippen molar-refractivity contribution in [1.82, 2.24) is 4.57 Å². The summed E-state index contributed by atoms with van der Waals surface area (Å²) in [6, 6.07) is 3.61. The lowest BCUT2D eigenvalue weighted by Gasteiger charge is -2.18. The van der Waals surface area contributed by atoms with Gasteiger partial charge in [-0.25, -0.2) is 0 Å². The first kappa shape index (κ1) is 11.0. The molecule has 1 aromatic heterocycles. The topological polar surface area (TPSA) is 22.0 Å². The lowest BCUT2D eigenvalue weighted by atomic mass is 9.95. The highest BCUT2D eigenvalue weighted by Gasteiger charge is 2.13. The third-order valence-electron chi connectivity index (χ3n) is 2.56. The summed E-state index contributed by atoms with van der Waals surface area (Å²) in [6.07, 6.45) is 0. The zero-order valence-electron chi connectivity index (χ0n) is 9.66. The van der Waals surface area contributed by atoms with Gasteiger partial charge in [-0.15, -0.1) is 0 Å². The average molecular weight is 193 g/mol. The molecule has 0 atom stereocenters. The van der Waals surface area contributed by atoms with Gasteiger partial charge in [0.1, 0.15) is 0 Å². The third kappa shape index (κ3) is 1.89. The summed E-state index contributed by atoms with van der Waals surface area (Å²) in [5, 5.41) is 0. The molecule has 1 rings (SSSR count). The minimum atomic E-state index is 0.0816. The average Bonchev–Trinajstić information content (AvgIpc) is 2.08. The van der Waals surface area contributed by atoms with Gasteiger partial charge in [0, 0.05) is 18.8 Å². The van der Waals surface area contributed by atoms with E-state index in [1.807, 2.05) is 13.1 Å². The van der Waals surface area contributed by atoms with E-state index < -0.39 is 0 Å². The number of hydrogen-bond donors (Lipinski definition) is 0. The minimum Gasteiger partial charge on any atom is -0.315 e. The van der Waals surface area contributed by atoms with Crippen molar-refractivity contribution in [2.45, 2.75) is 39.5 Å². The molecule has 2 nitrogen and oxygen atoms in total. The van der Waals surface area contributed by atoms with E-state index in [4.69, 9.17) is 0 Å². The molecule has 0 radical (unpaired) electrons. The Bertz CT molecular complexity index is 374. The van der Waals surface area contributed by atoms with E-state index in [-0.39, 0.29) is 5.56 Å². The second-order valence-electron chi connectivity index (χ2n) is 4.38. The van der Waals surface area contributed by atoms with Crippen LogP contribution in [0.1, 0.15) is 50.8 Å². The molecule has 1 heterocycles. The molecule has 14 heavy (non-hydrogen) atoms. The van der Waals surface area contributed by atoms with Crippen molar-refractivity contribution in [1.29, 1.82) is 0 Å². The Morgan fingerprint density at radius 3 is 2.07 bits per heavy atom. The molecule has 0 aliphatic heterocycles. The van der Waals surface area contributed by atoms with Crippen molar-refractivity contribution < 1.29 is 0 Å². The van der Waals surface area contributed by atoms with E-state index in [9.17, 15) is 4.79 Å². The Kier molecular flexibility index (Phi) is 3.14. The molecule has 0 amide bonds. The molecular formula is C12H19NO. The summed E-state index contributed by atoms with van der Waals surface area (Å²) in [6.45, 7) is 8.57. The second-order valence-corrected chi connectivity index (χ2v) is 4.38. The lowest BCUT2D eigenvalue weighted by molar-refractivity contribution is 0.671.